The van der Waals surface area contributed by atoms with Crippen molar-refractivity contribution >= 4 is 23.3 Å². The predicted octanol–water partition coefficient (Wildman–Crippen LogP) is 22.6. The Hall–Kier alpha value is -1.99. The minimum Gasteiger partial charge on any atom is -0.255 e. The second kappa shape index (κ2) is 50.4. The summed E-state index contributed by atoms with van der Waals surface area (Å²) >= 11 is 0. The van der Waals surface area contributed by atoms with E-state index < -0.39 is 0 Å². The van der Waals surface area contributed by atoms with Crippen LogP contribution < -0.4 is 0 Å². The first-order valence-electron chi connectivity index (χ1n) is 29.7. The second-order valence-corrected chi connectivity index (χ2v) is 20.6. The summed E-state index contributed by atoms with van der Waals surface area (Å²) in [5.41, 5.74) is 5.85. The Labute approximate surface area is 429 Å². The molecule has 0 saturated heterocycles. The minimum atomic E-state index is 0. The van der Waals surface area contributed by atoms with Gasteiger partial charge in [-0.1, -0.05) is 302 Å². The van der Waals surface area contributed by atoms with Crippen molar-refractivity contribution in [2.45, 2.75) is 310 Å². The third-order valence-electron chi connectivity index (χ3n) is 14.1. The van der Waals surface area contributed by atoms with Crippen molar-refractivity contribution in [2.24, 2.45) is 9.98 Å². The van der Waals surface area contributed by atoms with Crippen molar-refractivity contribution in [3.8, 4) is 0 Å². The zero-order valence-electron chi connectivity index (χ0n) is 44.9. The van der Waals surface area contributed by atoms with Crippen molar-refractivity contribution in [3.05, 3.63) is 71.8 Å². The number of aliphatic imine (C=N–C) groups is 2. The Morgan fingerprint density at radius 3 is 1.01 bits per heavy atom. The molecule has 386 valence electrons. The van der Waals surface area contributed by atoms with Crippen molar-refractivity contribution in [2.75, 3.05) is 0 Å². The molecule has 0 amide bonds. The minimum absolute atomic E-state index is 0. The van der Waals surface area contributed by atoms with Gasteiger partial charge in [-0.25, -0.2) is 4.99 Å². The fourth-order valence-corrected chi connectivity index (χ4v) is 9.68. The van der Waals surface area contributed by atoms with E-state index in [4.69, 9.17) is 9.98 Å². The summed E-state index contributed by atoms with van der Waals surface area (Å²) in [5.74, 6) is 0. The van der Waals surface area contributed by atoms with Gasteiger partial charge in [-0.3, -0.25) is 4.99 Å². The van der Waals surface area contributed by atoms with E-state index in [0.717, 1.165) is 36.3 Å². The monoisotopic (exact) mass is 965 g/mol. The second-order valence-electron chi connectivity index (χ2n) is 20.6. The molecule has 0 fully saturated rings. The Morgan fingerprint density at radius 2 is 0.657 bits per heavy atom. The molecule has 0 spiro atoms. The summed E-state index contributed by atoms with van der Waals surface area (Å²) in [6, 6.07) is 17.9. The first kappa shape index (κ1) is 63.0. The van der Waals surface area contributed by atoms with Gasteiger partial charge in [0.15, 0.2) is 0 Å². The van der Waals surface area contributed by atoms with E-state index in [2.05, 4.69) is 81.5 Å². The maximum absolute atomic E-state index is 5.18. The van der Waals surface area contributed by atoms with Crippen LogP contribution in [0.15, 0.2) is 70.7 Å². The molecule has 2 rings (SSSR count). The fourth-order valence-electron chi connectivity index (χ4n) is 9.68. The van der Waals surface area contributed by atoms with E-state index in [9.17, 15) is 0 Å². The van der Waals surface area contributed by atoms with Crippen molar-refractivity contribution in [3.63, 3.8) is 0 Å². The molecule has 0 atom stereocenters. The van der Waals surface area contributed by atoms with Gasteiger partial charge in [0.05, 0.1) is 23.3 Å². The zero-order chi connectivity index (χ0) is 46.9. The molecule has 0 unspecified atom stereocenters. The Bertz CT molecular complexity index is 1410. The number of benzene rings is 2. The van der Waals surface area contributed by atoms with Gasteiger partial charge in [0.2, 0.25) is 0 Å². The number of rotatable bonds is 49. The van der Waals surface area contributed by atoms with Crippen LogP contribution in [0.5, 0.6) is 0 Å². The van der Waals surface area contributed by atoms with Crippen LogP contribution in [0.25, 0.3) is 0 Å². The smallest absolute Gasteiger partial charge is 0.0816 e. The summed E-state index contributed by atoms with van der Waals surface area (Å²) in [5, 5.41) is 0. The number of hydrogen-bond acceptors (Lipinski definition) is 2. The summed E-state index contributed by atoms with van der Waals surface area (Å²) in [6.07, 6.45) is 69.0. The van der Waals surface area contributed by atoms with Gasteiger partial charge in [-0.2, -0.15) is 0 Å². The average molecular weight is 966 g/mol. The zero-order valence-corrected chi connectivity index (χ0v) is 45.9. The van der Waals surface area contributed by atoms with Gasteiger partial charge < -0.3 is 0 Å². The van der Waals surface area contributed by atoms with Crippen molar-refractivity contribution in [1.82, 2.24) is 0 Å². The molecule has 67 heavy (non-hydrogen) atoms. The molecule has 2 aromatic rings. The number of unbranched alkanes of at least 4 members (excludes halogenated alkanes) is 40. The molecule has 0 N–H and O–H groups in total. The van der Waals surface area contributed by atoms with Crippen molar-refractivity contribution < 1.29 is 16.5 Å². The van der Waals surface area contributed by atoms with Crippen LogP contribution in [0.2, 0.25) is 0 Å². The number of hydrogen-bond donors (Lipinski definition) is 0. The fraction of sp³-hybridized carbons (Fsp3) is 0.750. The van der Waals surface area contributed by atoms with Crippen LogP contribution in [0, 0.1) is 0 Å². The molecule has 0 radical (unpaired) electrons. The quantitative estimate of drug-likeness (QED) is 0.0359. The largest absolute Gasteiger partial charge is 0.255 e. The average Bonchev–Trinajstić information content (AvgIpc) is 3.33. The van der Waals surface area contributed by atoms with Gasteiger partial charge in [0, 0.05) is 16.5 Å². The molecule has 0 aliphatic carbocycles. The van der Waals surface area contributed by atoms with E-state index in [1.54, 1.807) is 0 Å². The molecule has 3 heteroatoms. The molecular weight excluding hydrogens is 855 g/mol. The van der Waals surface area contributed by atoms with Gasteiger partial charge >= 0.3 is 0 Å². The van der Waals surface area contributed by atoms with E-state index in [0.29, 0.717) is 0 Å². The van der Waals surface area contributed by atoms with E-state index >= 15 is 0 Å². The maximum Gasteiger partial charge on any atom is 0.0816 e. The Balaban J connectivity index is 0.0000224. The topological polar surface area (TPSA) is 24.7 Å². The van der Waals surface area contributed by atoms with Crippen LogP contribution in [0.3, 0.4) is 0 Å². The summed E-state index contributed by atoms with van der Waals surface area (Å²) in [7, 11) is 0. The normalized spacial score (nSPS) is 12.0. The Morgan fingerprint density at radius 1 is 0.358 bits per heavy atom. The number of allylic oxidation sites excluding steroid dienone is 2. The van der Waals surface area contributed by atoms with Crippen LogP contribution in [0.4, 0.5) is 11.4 Å². The molecule has 0 saturated carbocycles. The van der Waals surface area contributed by atoms with E-state index in [-0.39, 0.29) is 16.5 Å². The van der Waals surface area contributed by atoms with Crippen molar-refractivity contribution in [1.29, 1.82) is 0 Å². The standard InChI is InChI=1S/C64H110N2.Ni/c1-4-7-10-13-16-19-22-23-24-25-26-27-28-29-30-31-32-35-38-41-44-47-54-64(66-63-56-49-53-61(58-63)51-46-43-40-37-34-21-18-15-12-9-6-3)59-65-62-55-48-52-60(57-62)50-45-42-39-36-33-20-17-14-11-8-5-2;/h47-49,52-59H,4-46,50-51H2,1-3H3;/b54-47+,65-59?,66-64?;. The third-order valence-corrected chi connectivity index (χ3v) is 14.1. The van der Waals surface area contributed by atoms with Gasteiger partial charge in [-0.05, 0) is 80.0 Å². The van der Waals surface area contributed by atoms with Crippen LogP contribution in [-0.4, -0.2) is 11.9 Å². The first-order chi connectivity index (χ1) is 32.7. The molecule has 2 aromatic carbocycles. The van der Waals surface area contributed by atoms with E-state index in [1.165, 1.54) is 281 Å². The number of nitrogens with zero attached hydrogens (tertiary/aromatic N) is 2. The number of aryl methyl sites for hydroxylation is 2. The molecule has 0 bridgehead atoms. The summed E-state index contributed by atoms with van der Waals surface area (Å²) < 4.78 is 0. The van der Waals surface area contributed by atoms with Crippen LogP contribution in [-0.2, 0) is 29.3 Å². The van der Waals surface area contributed by atoms with Gasteiger partial charge in [-0.15, -0.1) is 0 Å². The molecule has 0 heterocycles. The maximum atomic E-state index is 5.18. The summed E-state index contributed by atoms with van der Waals surface area (Å²) in [6.45, 7) is 6.92. The predicted molar refractivity (Wildman–Crippen MR) is 300 cm³/mol. The molecule has 0 aliphatic rings. The van der Waals surface area contributed by atoms with Crippen LogP contribution >= 0.6 is 0 Å². The van der Waals surface area contributed by atoms with Gasteiger partial charge in [0.1, 0.15) is 0 Å². The Kier molecular flexibility index (Phi) is 47.4. The molecular formula is C64H110N2Ni. The molecule has 0 aromatic heterocycles. The third kappa shape index (κ3) is 41.5. The first-order valence-corrected chi connectivity index (χ1v) is 29.7. The summed E-state index contributed by atoms with van der Waals surface area (Å²) in [4.78, 5) is 10.2. The molecule has 0 aliphatic heterocycles. The molecule has 2 nitrogen and oxygen atoms in total. The SMILES string of the molecule is CCCCCCCCCCCCCCCCCCCCCC/C=C/C(C=Nc1cccc(CCCCCCCCCCCCC)c1)=Nc1cccc(CCCCCCCCCCCCC)c1.[Ni]. The van der Waals surface area contributed by atoms with Gasteiger partial charge in [0.25, 0.3) is 0 Å². The van der Waals surface area contributed by atoms with Crippen LogP contribution in [0.1, 0.15) is 308 Å². The van der Waals surface area contributed by atoms with E-state index in [1.807, 2.05) is 6.21 Å².